The van der Waals surface area contributed by atoms with Crippen LogP contribution in [-0.4, -0.2) is 99.1 Å². The number of rotatable bonds is 16. The minimum Gasteiger partial charge on any atom is -0.453 e. The highest BCUT2D eigenvalue weighted by atomic mass is 31.2. The van der Waals surface area contributed by atoms with Gasteiger partial charge < -0.3 is 35.3 Å². The van der Waals surface area contributed by atoms with Crippen molar-refractivity contribution in [1.82, 2.24) is 25.5 Å². The molecule has 5 N–H and O–H groups in total. The Labute approximate surface area is 248 Å². The van der Waals surface area contributed by atoms with Crippen molar-refractivity contribution in [3.63, 3.8) is 0 Å². The number of phosphoric ester groups is 1. The average molecular weight is 640 g/mol. The number of alkyl carbamates (subject to hydrolysis) is 2. The summed E-state index contributed by atoms with van der Waals surface area (Å²) in [7, 11) is 0.731. The minimum absolute atomic E-state index is 0. The van der Waals surface area contributed by atoms with Crippen molar-refractivity contribution in [1.29, 1.82) is 0 Å². The van der Waals surface area contributed by atoms with E-state index in [2.05, 4.69) is 30.4 Å². The molecule has 1 saturated heterocycles. The number of phosphoric acid groups is 1. The van der Waals surface area contributed by atoms with E-state index in [-0.39, 0.29) is 38.8 Å². The zero-order valence-corrected chi connectivity index (χ0v) is 24.7. The summed E-state index contributed by atoms with van der Waals surface area (Å²) < 4.78 is 43.2. The van der Waals surface area contributed by atoms with Crippen molar-refractivity contribution in [2.75, 3.05) is 48.1 Å². The Bertz CT molecular complexity index is 1210. The van der Waals surface area contributed by atoms with Crippen LogP contribution in [0.5, 0.6) is 0 Å². The summed E-state index contributed by atoms with van der Waals surface area (Å²) in [6.07, 6.45) is -1.83. The number of aromatic nitrogens is 2. The fourth-order valence-corrected chi connectivity index (χ4v) is 4.92. The molecule has 0 spiro atoms. The minimum atomic E-state index is -3.92. The van der Waals surface area contributed by atoms with Crippen LogP contribution in [0.25, 0.3) is 0 Å². The van der Waals surface area contributed by atoms with E-state index in [0.717, 1.165) is 25.9 Å². The standard InChI is InChI=1S/C23H38N5O13P.CH4/c1-36-22(33)25-9-6-5-7-15(26-23(34)37-2)20(31)24-10-8-14-12-28(21(32)27-19(14)30)18-11-16(17(13-29)40-18)41-42(35,38-3)39-4;/h12,15-18,29H,5-11,13H2,1-4H3,(H,24,31)(H,25,33)(H,26,34)(H,27,30,32);1H4/t15?,16?,17-,18-;/m0./s1. The zero-order chi connectivity index (χ0) is 31.3. The number of aliphatic hydroxyl groups excluding tert-OH is 1. The first-order valence-corrected chi connectivity index (χ1v) is 14.4. The van der Waals surface area contributed by atoms with E-state index in [1.807, 2.05) is 0 Å². The molecule has 2 heterocycles. The van der Waals surface area contributed by atoms with Gasteiger partial charge in [0.05, 0.1) is 20.8 Å². The van der Waals surface area contributed by atoms with Crippen LogP contribution in [0.4, 0.5) is 9.59 Å². The number of hydrogen-bond acceptors (Lipinski definition) is 13. The fourth-order valence-electron chi connectivity index (χ4n) is 4.04. The molecule has 0 radical (unpaired) electrons. The van der Waals surface area contributed by atoms with Gasteiger partial charge in [0, 0.05) is 45.5 Å². The molecule has 0 saturated carbocycles. The smallest absolute Gasteiger partial charge is 0.453 e. The van der Waals surface area contributed by atoms with Crippen LogP contribution in [0, 0.1) is 0 Å². The molecule has 1 aliphatic heterocycles. The van der Waals surface area contributed by atoms with E-state index in [0.29, 0.717) is 19.4 Å². The summed E-state index contributed by atoms with van der Waals surface area (Å²) in [5, 5.41) is 17.3. The second kappa shape index (κ2) is 18.4. The number of amides is 3. The first-order chi connectivity index (χ1) is 20.0. The van der Waals surface area contributed by atoms with Crippen LogP contribution in [0.2, 0.25) is 0 Å². The molecule has 1 aliphatic rings. The molecule has 4 atom stereocenters. The summed E-state index contributed by atoms with van der Waals surface area (Å²) in [5.74, 6) is -0.531. The first kappa shape index (κ1) is 37.7. The van der Waals surface area contributed by atoms with Gasteiger partial charge in [0.1, 0.15) is 24.5 Å². The molecule has 19 heteroatoms. The topological polar surface area (TPSA) is 235 Å². The van der Waals surface area contributed by atoms with Gasteiger partial charge in [-0.2, -0.15) is 0 Å². The highest BCUT2D eigenvalue weighted by molar-refractivity contribution is 7.48. The first-order valence-electron chi connectivity index (χ1n) is 12.9. The predicted molar refractivity (Wildman–Crippen MR) is 150 cm³/mol. The number of carbonyl (C=O) groups excluding carboxylic acids is 3. The van der Waals surface area contributed by atoms with E-state index in [1.54, 1.807) is 0 Å². The van der Waals surface area contributed by atoms with Crippen LogP contribution in [0.15, 0.2) is 15.8 Å². The maximum absolute atomic E-state index is 12.8. The van der Waals surface area contributed by atoms with Gasteiger partial charge >= 0.3 is 25.7 Å². The molecular weight excluding hydrogens is 597 g/mol. The van der Waals surface area contributed by atoms with Gasteiger partial charge in [-0.25, -0.2) is 18.9 Å². The van der Waals surface area contributed by atoms with Crippen molar-refractivity contribution < 1.29 is 51.8 Å². The summed E-state index contributed by atoms with van der Waals surface area (Å²) >= 11 is 0. The number of nitrogens with one attached hydrogen (secondary N) is 4. The zero-order valence-electron chi connectivity index (χ0n) is 23.8. The molecular formula is C24H42N5O13P. The number of H-pyrrole nitrogens is 1. The molecule has 1 aromatic heterocycles. The number of ether oxygens (including phenoxy) is 3. The van der Waals surface area contributed by atoms with E-state index in [9.17, 15) is 33.6 Å². The van der Waals surface area contributed by atoms with Crippen LogP contribution < -0.4 is 27.2 Å². The number of nitrogens with zero attached hydrogens (tertiary/aromatic N) is 1. The number of methoxy groups -OCH3 is 2. The normalized spacial score (nSPS) is 18.7. The maximum atomic E-state index is 12.8. The third-order valence-corrected chi connectivity index (χ3v) is 7.71. The molecule has 3 amide bonds. The molecule has 0 aromatic carbocycles. The Hall–Kier alpha value is -3.28. The third kappa shape index (κ3) is 11.4. The highest BCUT2D eigenvalue weighted by Crippen LogP contribution is 2.51. The van der Waals surface area contributed by atoms with Gasteiger partial charge in [-0.15, -0.1) is 0 Å². The summed E-state index contributed by atoms with van der Waals surface area (Å²) in [6.45, 7) is -0.231. The lowest BCUT2D eigenvalue weighted by molar-refractivity contribution is -0.123. The van der Waals surface area contributed by atoms with E-state index >= 15 is 0 Å². The van der Waals surface area contributed by atoms with Crippen molar-refractivity contribution in [2.45, 2.75) is 64.0 Å². The van der Waals surface area contributed by atoms with Gasteiger partial charge in [0.15, 0.2) is 0 Å². The molecule has 1 fully saturated rings. The van der Waals surface area contributed by atoms with Gasteiger partial charge in [-0.3, -0.25) is 32.7 Å². The van der Waals surface area contributed by atoms with Crippen LogP contribution >= 0.6 is 7.82 Å². The number of aliphatic hydroxyl groups is 1. The predicted octanol–water partition coefficient (Wildman–Crippen LogP) is 0.148. The highest BCUT2D eigenvalue weighted by Gasteiger charge is 2.42. The average Bonchev–Trinajstić information content (AvgIpc) is 3.38. The third-order valence-electron chi connectivity index (χ3n) is 6.29. The van der Waals surface area contributed by atoms with Gasteiger partial charge in [-0.05, 0) is 25.7 Å². The van der Waals surface area contributed by atoms with E-state index in [1.165, 1.54) is 13.3 Å². The molecule has 2 rings (SSSR count). The van der Waals surface area contributed by atoms with Gasteiger partial charge in [0.2, 0.25) is 5.91 Å². The number of hydrogen-bond donors (Lipinski definition) is 5. The van der Waals surface area contributed by atoms with Gasteiger partial charge in [0.25, 0.3) is 5.56 Å². The summed E-state index contributed by atoms with van der Waals surface area (Å²) in [4.78, 5) is 62.8. The van der Waals surface area contributed by atoms with Crippen molar-refractivity contribution in [3.8, 4) is 0 Å². The fraction of sp³-hybridized carbons (Fsp3) is 0.708. The van der Waals surface area contributed by atoms with Crippen LogP contribution in [0.3, 0.4) is 0 Å². The number of carbonyl (C=O) groups is 3. The summed E-state index contributed by atoms with van der Waals surface area (Å²) in [6, 6.07) is -0.947. The number of aromatic amines is 1. The van der Waals surface area contributed by atoms with Crippen molar-refractivity contribution in [3.05, 3.63) is 32.6 Å². The SMILES string of the molecule is C.COC(=O)NCCCCC(NC(=O)OC)C(=O)NCCc1cn([C@@H]2CC(OP(=O)(OC)OC)[C@H](CO)O2)c(=O)[nH]c1=O. The van der Waals surface area contributed by atoms with E-state index in [4.69, 9.17) is 18.3 Å². The Morgan fingerprint density at radius 2 is 1.77 bits per heavy atom. The van der Waals surface area contributed by atoms with Gasteiger partial charge in [-0.1, -0.05) is 7.43 Å². The summed E-state index contributed by atoms with van der Waals surface area (Å²) in [5.41, 5.74) is -1.34. The Morgan fingerprint density at radius 3 is 2.37 bits per heavy atom. The largest absolute Gasteiger partial charge is 0.474 e. The molecule has 1 aromatic rings. The van der Waals surface area contributed by atoms with Crippen molar-refractivity contribution in [2.24, 2.45) is 0 Å². The molecule has 0 aliphatic carbocycles. The van der Waals surface area contributed by atoms with Crippen molar-refractivity contribution >= 4 is 25.9 Å². The lowest BCUT2D eigenvalue weighted by Gasteiger charge is -2.20. The van der Waals surface area contributed by atoms with E-state index < -0.39 is 68.2 Å². The molecule has 246 valence electrons. The Kier molecular flexibility index (Phi) is 16.2. The molecule has 18 nitrogen and oxygen atoms in total. The second-order valence-electron chi connectivity index (χ2n) is 8.97. The Balaban J connectivity index is 0.00000924. The van der Waals surface area contributed by atoms with Crippen LogP contribution in [0.1, 0.15) is 44.9 Å². The maximum Gasteiger partial charge on any atom is 0.474 e. The molecule has 2 unspecified atom stereocenters. The van der Waals surface area contributed by atoms with Crippen LogP contribution in [-0.2, 0) is 43.6 Å². The molecule has 43 heavy (non-hydrogen) atoms. The Morgan fingerprint density at radius 1 is 1.09 bits per heavy atom. The lowest BCUT2D eigenvalue weighted by atomic mass is 10.1. The number of unbranched alkanes of at least 4 members (excludes halogenated alkanes) is 1. The lowest BCUT2D eigenvalue weighted by Crippen LogP contribution is -2.47. The quantitative estimate of drug-likeness (QED) is 0.120. The molecule has 0 bridgehead atoms. The second-order valence-corrected chi connectivity index (χ2v) is 10.8. The monoisotopic (exact) mass is 639 g/mol.